The van der Waals surface area contributed by atoms with E-state index in [4.69, 9.17) is 0 Å². The van der Waals surface area contributed by atoms with E-state index in [1.165, 1.54) is 0 Å². The Labute approximate surface area is 182 Å². The molecule has 1 atom stereocenters. The summed E-state index contributed by atoms with van der Waals surface area (Å²) >= 11 is 0. The number of rotatable bonds is 5. The van der Waals surface area contributed by atoms with Gasteiger partial charge in [-0.25, -0.2) is 4.98 Å². The lowest BCUT2D eigenvalue weighted by Crippen LogP contribution is -2.27. The van der Waals surface area contributed by atoms with Crippen LogP contribution in [-0.2, 0) is 6.54 Å². The Morgan fingerprint density at radius 2 is 1.65 bits per heavy atom. The number of nitrogens with one attached hydrogen (secondary N) is 1. The zero-order chi connectivity index (χ0) is 22.0. The van der Waals surface area contributed by atoms with Gasteiger partial charge in [-0.3, -0.25) is 14.3 Å². The average molecular weight is 414 g/mol. The maximum absolute atomic E-state index is 12.5. The molecule has 1 unspecified atom stereocenters. The zero-order valence-corrected chi connectivity index (χ0v) is 18.3. The number of hydrogen-bond donors (Lipinski definition) is 1. The fourth-order valence-electron chi connectivity index (χ4n) is 3.55. The minimum atomic E-state index is -0.0492. The summed E-state index contributed by atoms with van der Waals surface area (Å²) in [6, 6.07) is 15.8. The molecule has 3 aromatic heterocycles. The minimum absolute atomic E-state index is 0.00967. The van der Waals surface area contributed by atoms with Crippen molar-refractivity contribution in [3.63, 3.8) is 0 Å². The molecule has 4 rings (SSSR count). The van der Waals surface area contributed by atoms with Crippen molar-refractivity contribution in [2.45, 2.75) is 40.3 Å². The third kappa shape index (κ3) is 4.79. The topological polar surface area (TPSA) is 72.7 Å². The molecular weight excluding hydrogens is 386 g/mol. The molecule has 0 aliphatic rings. The van der Waals surface area contributed by atoms with Crippen molar-refractivity contribution < 1.29 is 0 Å². The molecule has 0 aliphatic heterocycles. The highest BCUT2D eigenvalue weighted by molar-refractivity contribution is 5.75. The van der Waals surface area contributed by atoms with E-state index in [1.54, 1.807) is 35.3 Å². The van der Waals surface area contributed by atoms with E-state index in [2.05, 4.69) is 72.2 Å². The number of fused-ring (bicyclic) bond motifs is 1. The highest BCUT2D eigenvalue weighted by Crippen LogP contribution is 2.24. The van der Waals surface area contributed by atoms with Gasteiger partial charge >= 0.3 is 0 Å². The molecule has 0 bridgehead atoms. The SMILES string of the molecule is CC(Nc1ncc2ccc(=O)n(CC(C)(C)C)c2n1)c1ccc(-c2ccncc2)cc1. The van der Waals surface area contributed by atoms with E-state index >= 15 is 0 Å². The summed E-state index contributed by atoms with van der Waals surface area (Å²) in [5.41, 5.74) is 3.97. The van der Waals surface area contributed by atoms with E-state index in [0.29, 0.717) is 18.1 Å². The van der Waals surface area contributed by atoms with Crippen LogP contribution < -0.4 is 10.9 Å². The van der Waals surface area contributed by atoms with Gasteiger partial charge in [0.05, 0.1) is 6.04 Å². The lowest BCUT2D eigenvalue weighted by atomic mass is 9.97. The highest BCUT2D eigenvalue weighted by Gasteiger charge is 2.16. The maximum Gasteiger partial charge on any atom is 0.252 e. The Morgan fingerprint density at radius 1 is 0.968 bits per heavy atom. The fraction of sp³-hybridized carbons (Fsp3) is 0.280. The van der Waals surface area contributed by atoms with E-state index < -0.39 is 0 Å². The van der Waals surface area contributed by atoms with Crippen molar-refractivity contribution in [3.05, 3.63) is 83.0 Å². The Hall–Kier alpha value is -3.54. The largest absolute Gasteiger partial charge is 0.348 e. The quantitative estimate of drug-likeness (QED) is 0.494. The second kappa shape index (κ2) is 8.30. The monoisotopic (exact) mass is 413 g/mol. The average Bonchev–Trinajstić information content (AvgIpc) is 2.76. The minimum Gasteiger partial charge on any atom is -0.348 e. The number of benzene rings is 1. The predicted octanol–water partition coefficient (Wildman–Crippen LogP) is 5.07. The molecule has 0 amide bonds. The molecule has 158 valence electrons. The third-order valence-electron chi connectivity index (χ3n) is 5.13. The van der Waals surface area contributed by atoms with Gasteiger partial charge in [-0.1, -0.05) is 45.0 Å². The van der Waals surface area contributed by atoms with Gasteiger partial charge in [0, 0.05) is 36.6 Å². The van der Waals surface area contributed by atoms with Crippen LogP contribution in [0.2, 0.25) is 0 Å². The second-order valence-corrected chi connectivity index (χ2v) is 9.01. The van der Waals surface area contributed by atoms with Crippen LogP contribution in [0.15, 0.2) is 71.9 Å². The summed E-state index contributed by atoms with van der Waals surface area (Å²) in [6.07, 6.45) is 5.36. The smallest absolute Gasteiger partial charge is 0.252 e. The number of aromatic nitrogens is 4. The van der Waals surface area contributed by atoms with Crippen LogP contribution >= 0.6 is 0 Å². The normalized spacial score (nSPS) is 12.6. The summed E-state index contributed by atoms with van der Waals surface area (Å²) in [6.45, 7) is 8.98. The van der Waals surface area contributed by atoms with Gasteiger partial charge in [-0.05, 0) is 47.2 Å². The summed E-state index contributed by atoms with van der Waals surface area (Å²) in [4.78, 5) is 25.7. The first-order chi connectivity index (χ1) is 14.8. The van der Waals surface area contributed by atoms with Crippen LogP contribution in [0.25, 0.3) is 22.2 Å². The molecule has 4 aromatic rings. The summed E-state index contributed by atoms with van der Waals surface area (Å²) < 4.78 is 1.73. The molecule has 1 aromatic carbocycles. The van der Waals surface area contributed by atoms with Crippen LogP contribution in [0.5, 0.6) is 0 Å². The first-order valence-electron chi connectivity index (χ1n) is 10.4. The molecule has 0 radical (unpaired) electrons. The molecule has 0 saturated heterocycles. The molecule has 0 saturated carbocycles. The molecule has 0 aliphatic carbocycles. The van der Waals surface area contributed by atoms with Crippen molar-refractivity contribution in [2.75, 3.05) is 5.32 Å². The number of hydrogen-bond acceptors (Lipinski definition) is 5. The van der Waals surface area contributed by atoms with Crippen LogP contribution in [0.3, 0.4) is 0 Å². The van der Waals surface area contributed by atoms with Gasteiger partial charge in [0.15, 0.2) is 0 Å². The van der Waals surface area contributed by atoms with Crippen molar-refractivity contribution in [2.24, 2.45) is 5.41 Å². The number of anilines is 1. The zero-order valence-electron chi connectivity index (χ0n) is 18.3. The molecule has 6 nitrogen and oxygen atoms in total. The fourth-order valence-corrected chi connectivity index (χ4v) is 3.55. The van der Waals surface area contributed by atoms with E-state index in [1.807, 2.05) is 12.1 Å². The van der Waals surface area contributed by atoms with Crippen LogP contribution in [0.4, 0.5) is 5.95 Å². The van der Waals surface area contributed by atoms with Crippen molar-refractivity contribution >= 4 is 17.0 Å². The summed E-state index contributed by atoms with van der Waals surface area (Å²) in [7, 11) is 0. The molecule has 0 spiro atoms. The van der Waals surface area contributed by atoms with Crippen molar-refractivity contribution in [1.82, 2.24) is 19.5 Å². The van der Waals surface area contributed by atoms with Crippen molar-refractivity contribution in [3.8, 4) is 11.1 Å². The Morgan fingerprint density at radius 3 is 2.32 bits per heavy atom. The first kappa shape index (κ1) is 20.7. The Kier molecular flexibility index (Phi) is 5.55. The van der Waals surface area contributed by atoms with Gasteiger partial charge in [0.2, 0.25) is 5.95 Å². The van der Waals surface area contributed by atoms with Gasteiger partial charge in [0.1, 0.15) is 5.65 Å². The number of nitrogens with zero attached hydrogens (tertiary/aromatic N) is 4. The predicted molar refractivity (Wildman–Crippen MR) is 125 cm³/mol. The van der Waals surface area contributed by atoms with Gasteiger partial charge in [-0.15, -0.1) is 0 Å². The molecule has 31 heavy (non-hydrogen) atoms. The van der Waals surface area contributed by atoms with Gasteiger partial charge in [0.25, 0.3) is 5.56 Å². The molecule has 6 heteroatoms. The lowest BCUT2D eigenvalue weighted by Gasteiger charge is -2.21. The van der Waals surface area contributed by atoms with E-state index in [9.17, 15) is 4.79 Å². The maximum atomic E-state index is 12.5. The molecule has 0 fully saturated rings. The van der Waals surface area contributed by atoms with Crippen LogP contribution in [-0.4, -0.2) is 19.5 Å². The van der Waals surface area contributed by atoms with Crippen molar-refractivity contribution in [1.29, 1.82) is 0 Å². The van der Waals surface area contributed by atoms with E-state index in [-0.39, 0.29) is 17.0 Å². The molecular formula is C25H27N5O. The van der Waals surface area contributed by atoms with Crippen LogP contribution in [0.1, 0.15) is 39.3 Å². The lowest BCUT2D eigenvalue weighted by molar-refractivity contribution is 0.343. The Balaban J connectivity index is 1.59. The highest BCUT2D eigenvalue weighted by atomic mass is 16.1. The van der Waals surface area contributed by atoms with Gasteiger partial charge < -0.3 is 5.32 Å². The Bertz CT molecular complexity index is 1240. The van der Waals surface area contributed by atoms with Crippen LogP contribution in [0, 0.1) is 5.41 Å². The summed E-state index contributed by atoms with van der Waals surface area (Å²) in [5, 5.41) is 4.22. The molecule has 1 N–H and O–H groups in total. The second-order valence-electron chi connectivity index (χ2n) is 9.01. The standard InChI is InChI=1S/C25H27N5O/c1-17(18-5-7-19(8-6-18)20-11-13-26-14-12-20)28-24-27-15-21-9-10-22(31)30(23(21)29-24)16-25(2,3)4/h5-15,17H,16H2,1-4H3,(H,27,28,29). The molecule has 3 heterocycles. The number of pyridine rings is 2. The first-order valence-corrected chi connectivity index (χ1v) is 10.4. The summed E-state index contributed by atoms with van der Waals surface area (Å²) in [5.74, 6) is 0.506. The third-order valence-corrected chi connectivity index (χ3v) is 5.13. The van der Waals surface area contributed by atoms with Gasteiger partial charge in [-0.2, -0.15) is 4.98 Å². The van der Waals surface area contributed by atoms with E-state index in [0.717, 1.165) is 22.1 Å².